The molecule has 0 aromatic carbocycles. The number of aliphatic hydroxyl groups is 1. The van der Waals surface area contributed by atoms with Crippen LogP contribution in [0.1, 0.15) is 38.5 Å². The Balaban J connectivity index is 1.47. The Morgan fingerprint density at radius 1 is 1.36 bits per heavy atom. The summed E-state index contributed by atoms with van der Waals surface area (Å²) in [5, 5.41) is 13.5. The zero-order valence-electron chi connectivity index (χ0n) is 12.9. The van der Waals surface area contributed by atoms with Gasteiger partial charge in [-0.15, -0.1) is 0 Å². The van der Waals surface area contributed by atoms with Gasteiger partial charge < -0.3 is 15.3 Å². The Morgan fingerprint density at radius 3 is 2.82 bits per heavy atom. The Kier molecular flexibility index (Phi) is 4.57. The molecule has 2 fully saturated rings. The van der Waals surface area contributed by atoms with E-state index in [2.05, 4.69) is 15.3 Å². The second-order valence-corrected chi connectivity index (χ2v) is 6.58. The number of β-amino-alcohol motifs (C(OH)–C–C–N with tert-alkyl or cyclic N) is 1. The van der Waals surface area contributed by atoms with Gasteiger partial charge in [0.15, 0.2) is 0 Å². The molecule has 0 radical (unpaired) electrons. The quantitative estimate of drug-likeness (QED) is 0.852. The lowest BCUT2D eigenvalue weighted by molar-refractivity contribution is -0.123. The predicted octanol–water partition coefficient (Wildman–Crippen LogP) is 1.11. The fraction of sp³-hybridized carbons (Fsp3) is 0.688. The summed E-state index contributed by atoms with van der Waals surface area (Å²) in [7, 11) is 0. The molecule has 6 nitrogen and oxygen atoms in total. The van der Waals surface area contributed by atoms with Crippen LogP contribution in [0.4, 0.5) is 5.95 Å². The average Bonchev–Trinajstić information content (AvgIpc) is 3.17. The molecule has 1 aliphatic heterocycles. The van der Waals surface area contributed by atoms with Crippen LogP contribution in [0.15, 0.2) is 18.5 Å². The molecule has 2 N–H and O–H groups in total. The van der Waals surface area contributed by atoms with Crippen LogP contribution >= 0.6 is 0 Å². The topological polar surface area (TPSA) is 78.4 Å². The number of aromatic nitrogens is 2. The summed E-state index contributed by atoms with van der Waals surface area (Å²) in [5.74, 6) is 1.23. The SMILES string of the molecule is O=C(CC1CCCC1)NCC1(O)CCN(c2ncccn2)C1. The molecule has 1 aromatic rings. The van der Waals surface area contributed by atoms with Crippen LogP contribution in [0.25, 0.3) is 0 Å². The van der Waals surface area contributed by atoms with Crippen molar-refractivity contribution >= 4 is 11.9 Å². The normalized spacial score (nSPS) is 25.6. The highest BCUT2D eigenvalue weighted by Crippen LogP contribution is 2.27. The van der Waals surface area contributed by atoms with E-state index in [1.807, 2.05) is 4.90 Å². The highest BCUT2D eigenvalue weighted by molar-refractivity contribution is 5.76. The van der Waals surface area contributed by atoms with Gasteiger partial charge in [-0.25, -0.2) is 9.97 Å². The summed E-state index contributed by atoms with van der Waals surface area (Å²) in [6, 6.07) is 1.77. The number of carbonyl (C=O) groups excluding carboxylic acids is 1. The van der Waals surface area contributed by atoms with E-state index in [9.17, 15) is 9.90 Å². The molecule has 1 aliphatic carbocycles. The molecule has 1 unspecified atom stereocenters. The van der Waals surface area contributed by atoms with E-state index in [4.69, 9.17) is 0 Å². The summed E-state index contributed by atoms with van der Waals surface area (Å²) < 4.78 is 0. The van der Waals surface area contributed by atoms with E-state index < -0.39 is 5.60 Å². The van der Waals surface area contributed by atoms with E-state index in [0.29, 0.717) is 44.3 Å². The first-order chi connectivity index (χ1) is 10.6. The Bertz CT molecular complexity index is 504. The highest BCUT2D eigenvalue weighted by Gasteiger charge is 2.37. The molecule has 3 rings (SSSR count). The molecule has 1 saturated carbocycles. The lowest BCUT2D eigenvalue weighted by atomic mass is 10.0. The zero-order valence-corrected chi connectivity index (χ0v) is 12.9. The largest absolute Gasteiger partial charge is 0.386 e. The minimum atomic E-state index is -0.884. The molecule has 6 heteroatoms. The van der Waals surface area contributed by atoms with Crippen molar-refractivity contribution in [3.05, 3.63) is 18.5 Å². The van der Waals surface area contributed by atoms with Crippen molar-refractivity contribution in [2.75, 3.05) is 24.5 Å². The van der Waals surface area contributed by atoms with Crippen molar-refractivity contribution < 1.29 is 9.90 Å². The minimum absolute atomic E-state index is 0.0646. The Morgan fingerprint density at radius 2 is 2.09 bits per heavy atom. The van der Waals surface area contributed by atoms with Crippen molar-refractivity contribution in [1.29, 1.82) is 0 Å². The predicted molar refractivity (Wildman–Crippen MR) is 83.4 cm³/mol. The van der Waals surface area contributed by atoms with Crippen molar-refractivity contribution in [3.8, 4) is 0 Å². The molecule has 2 heterocycles. The number of nitrogens with zero attached hydrogens (tertiary/aromatic N) is 3. The Hall–Kier alpha value is -1.69. The van der Waals surface area contributed by atoms with E-state index in [1.165, 1.54) is 12.8 Å². The average molecular weight is 304 g/mol. The van der Waals surface area contributed by atoms with Crippen molar-refractivity contribution in [2.45, 2.75) is 44.1 Å². The third-order valence-electron chi connectivity index (χ3n) is 4.73. The highest BCUT2D eigenvalue weighted by atomic mass is 16.3. The number of carbonyl (C=O) groups is 1. The van der Waals surface area contributed by atoms with Crippen LogP contribution in [0.2, 0.25) is 0 Å². The number of anilines is 1. The molecule has 1 amide bonds. The van der Waals surface area contributed by atoms with Gasteiger partial charge in [0.2, 0.25) is 11.9 Å². The first kappa shape index (κ1) is 15.2. The minimum Gasteiger partial charge on any atom is -0.386 e. The van der Waals surface area contributed by atoms with Crippen LogP contribution in [0.3, 0.4) is 0 Å². The van der Waals surface area contributed by atoms with Gasteiger partial charge in [0.05, 0.1) is 6.54 Å². The number of amides is 1. The first-order valence-electron chi connectivity index (χ1n) is 8.16. The molecular weight excluding hydrogens is 280 g/mol. The summed E-state index contributed by atoms with van der Waals surface area (Å²) >= 11 is 0. The van der Waals surface area contributed by atoms with Crippen molar-refractivity contribution in [3.63, 3.8) is 0 Å². The van der Waals surface area contributed by atoms with Crippen molar-refractivity contribution in [1.82, 2.24) is 15.3 Å². The summed E-state index contributed by atoms with van der Waals surface area (Å²) in [5.41, 5.74) is -0.884. The lowest BCUT2D eigenvalue weighted by Gasteiger charge is -2.24. The van der Waals surface area contributed by atoms with Crippen LogP contribution in [-0.4, -0.2) is 46.2 Å². The van der Waals surface area contributed by atoms with E-state index in [-0.39, 0.29) is 5.91 Å². The van der Waals surface area contributed by atoms with Crippen LogP contribution in [0, 0.1) is 5.92 Å². The Labute approximate surface area is 131 Å². The van der Waals surface area contributed by atoms with Gasteiger partial charge in [-0.05, 0) is 31.2 Å². The van der Waals surface area contributed by atoms with E-state index >= 15 is 0 Å². The number of nitrogens with one attached hydrogen (secondary N) is 1. The standard InChI is InChI=1S/C16H24N4O2/c21-14(10-13-4-1-2-5-13)19-11-16(22)6-9-20(12-16)15-17-7-3-8-18-15/h3,7-8,13,22H,1-2,4-6,9-12H2,(H,19,21). The van der Waals surface area contributed by atoms with Crippen molar-refractivity contribution in [2.24, 2.45) is 5.92 Å². The van der Waals surface area contributed by atoms with Crippen LogP contribution < -0.4 is 10.2 Å². The number of hydrogen-bond acceptors (Lipinski definition) is 5. The number of hydrogen-bond donors (Lipinski definition) is 2. The lowest BCUT2D eigenvalue weighted by Crippen LogP contribution is -2.45. The van der Waals surface area contributed by atoms with E-state index in [1.54, 1.807) is 18.5 Å². The third-order valence-corrected chi connectivity index (χ3v) is 4.73. The fourth-order valence-electron chi connectivity index (χ4n) is 3.44. The third kappa shape index (κ3) is 3.74. The molecule has 0 spiro atoms. The molecule has 0 bridgehead atoms. The summed E-state index contributed by atoms with van der Waals surface area (Å²) in [6.07, 6.45) is 9.43. The number of rotatable bonds is 5. The maximum atomic E-state index is 12.0. The maximum absolute atomic E-state index is 12.0. The molecule has 2 aliphatic rings. The van der Waals surface area contributed by atoms with Gasteiger partial charge in [0, 0.05) is 31.9 Å². The van der Waals surface area contributed by atoms with Crippen LogP contribution in [-0.2, 0) is 4.79 Å². The molecule has 22 heavy (non-hydrogen) atoms. The maximum Gasteiger partial charge on any atom is 0.225 e. The zero-order chi connectivity index (χ0) is 15.4. The molecular formula is C16H24N4O2. The molecule has 1 saturated heterocycles. The van der Waals surface area contributed by atoms with Gasteiger partial charge in [-0.3, -0.25) is 4.79 Å². The van der Waals surface area contributed by atoms with Crippen LogP contribution in [0.5, 0.6) is 0 Å². The fourth-order valence-corrected chi connectivity index (χ4v) is 3.44. The second kappa shape index (κ2) is 6.60. The summed E-state index contributed by atoms with van der Waals surface area (Å²) in [4.78, 5) is 22.4. The molecule has 1 aromatic heterocycles. The summed E-state index contributed by atoms with van der Waals surface area (Å²) in [6.45, 7) is 1.47. The second-order valence-electron chi connectivity index (χ2n) is 6.58. The van der Waals surface area contributed by atoms with Gasteiger partial charge in [-0.2, -0.15) is 0 Å². The van der Waals surface area contributed by atoms with Gasteiger partial charge in [-0.1, -0.05) is 12.8 Å². The first-order valence-corrected chi connectivity index (χ1v) is 8.16. The smallest absolute Gasteiger partial charge is 0.225 e. The van der Waals surface area contributed by atoms with Gasteiger partial charge in [0.1, 0.15) is 5.60 Å². The van der Waals surface area contributed by atoms with E-state index in [0.717, 1.165) is 12.8 Å². The molecule has 1 atom stereocenters. The van der Waals surface area contributed by atoms with Gasteiger partial charge in [0.25, 0.3) is 0 Å². The monoisotopic (exact) mass is 304 g/mol. The molecule has 120 valence electrons. The van der Waals surface area contributed by atoms with Gasteiger partial charge >= 0.3 is 0 Å².